The van der Waals surface area contributed by atoms with Crippen LogP contribution in [0.2, 0.25) is 5.02 Å². The van der Waals surface area contributed by atoms with E-state index in [1.54, 1.807) is 24.3 Å². The Bertz CT molecular complexity index is 586. The monoisotopic (exact) mass is 343 g/mol. The maximum absolute atomic E-state index is 12.2. The predicted molar refractivity (Wildman–Crippen MR) is 80.1 cm³/mol. The molecule has 0 radical (unpaired) electrons. The minimum atomic E-state index is -1.15. The molecule has 0 aliphatic carbocycles. The second-order valence-corrected chi connectivity index (χ2v) is 6.57. The highest BCUT2D eigenvalue weighted by Crippen LogP contribution is 2.23. The van der Waals surface area contributed by atoms with Crippen LogP contribution in [-0.2, 0) is 16.6 Å². The molecule has 18 heavy (non-hydrogen) atoms. The third-order valence-electron chi connectivity index (χ3n) is 2.43. The third kappa shape index (κ3) is 3.34. The number of hydrogen-bond acceptors (Lipinski definition) is 2. The zero-order valence-corrected chi connectivity index (χ0v) is 12.6. The van der Waals surface area contributed by atoms with Crippen molar-refractivity contribution in [2.45, 2.75) is 10.6 Å². The first-order valence-electron chi connectivity index (χ1n) is 5.24. The van der Waals surface area contributed by atoms with Crippen molar-refractivity contribution in [3.63, 3.8) is 0 Å². The largest absolute Gasteiger partial charge is 0.398 e. The molecule has 2 nitrogen and oxygen atoms in total. The molecule has 0 saturated carbocycles. The molecule has 0 fully saturated rings. The smallest absolute Gasteiger partial charge is 0.0621 e. The number of nitrogen functional groups attached to an aromatic ring is 1. The lowest BCUT2D eigenvalue weighted by Crippen LogP contribution is -2.00. The molecular formula is C13H11BrClNOS. The second kappa shape index (κ2) is 5.87. The Morgan fingerprint density at radius 2 is 1.83 bits per heavy atom. The summed E-state index contributed by atoms with van der Waals surface area (Å²) in [6.45, 7) is 0. The van der Waals surface area contributed by atoms with Crippen LogP contribution in [0.1, 0.15) is 5.56 Å². The number of hydrogen-bond donors (Lipinski definition) is 1. The van der Waals surface area contributed by atoms with E-state index in [0.29, 0.717) is 21.4 Å². The lowest BCUT2D eigenvalue weighted by atomic mass is 10.2. The summed E-state index contributed by atoms with van der Waals surface area (Å²) >= 11 is 9.13. The van der Waals surface area contributed by atoms with Gasteiger partial charge in [0.25, 0.3) is 0 Å². The first-order chi connectivity index (χ1) is 8.56. The van der Waals surface area contributed by atoms with E-state index in [4.69, 9.17) is 17.3 Å². The first kappa shape index (κ1) is 13.6. The van der Waals surface area contributed by atoms with Crippen LogP contribution in [0.25, 0.3) is 0 Å². The van der Waals surface area contributed by atoms with Crippen LogP contribution in [0.3, 0.4) is 0 Å². The fourth-order valence-electron chi connectivity index (χ4n) is 1.54. The fraction of sp³-hybridized carbons (Fsp3) is 0.0769. The SMILES string of the molecule is Nc1cc(Br)ccc1S(=O)Cc1ccc(Cl)cc1. The molecule has 0 aliphatic rings. The molecule has 1 atom stereocenters. The molecule has 0 bridgehead atoms. The van der Waals surface area contributed by atoms with Gasteiger partial charge in [0.2, 0.25) is 0 Å². The summed E-state index contributed by atoms with van der Waals surface area (Å²) in [5, 5.41) is 0.674. The van der Waals surface area contributed by atoms with Gasteiger partial charge in [0, 0.05) is 15.2 Å². The Morgan fingerprint density at radius 1 is 1.17 bits per heavy atom. The fourth-order valence-corrected chi connectivity index (χ4v) is 3.23. The highest BCUT2D eigenvalue weighted by Gasteiger charge is 2.09. The zero-order valence-electron chi connectivity index (χ0n) is 9.40. The number of halogens is 2. The van der Waals surface area contributed by atoms with Crippen LogP contribution in [0.15, 0.2) is 51.8 Å². The van der Waals surface area contributed by atoms with Gasteiger partial charge in [-0.1, -0.05) is 39.7 Å². The van der Waals surface area contributed by atoms with E-state index in [-0.39, 0.29) is 0 Å². The van der Waals surface area contributed by atoms with E-state index >= 15 is 0 Å². The maximum atomic E-state index is 12.2. The Hall–Kier alpha value is -0.840. The van der Waals surface area contributed by atoms with E-state index in [1.165, 1.54) is 0 Å². The van der Waals surface area contributed by atoms with Crippen LogP contribution >= 0.6 is 27.5 Å². The van der Waals surface area contributed by atoms with Gasteiger partial charge in [-0.05, 0) is 35.9 Å². The van der Waals surface area contributed by atoms with E-state index in [2.05, 4.69) is 15.9 Å². The summed E-state index contributed by atoms with van der Waals surface area (Å²) in [4.78, 5) is 0.660. The maximum Gasteiger partial charge on any atom is 0.0621 e. The molecule has 0 saturated heterocycles. The van der Waals surface area contributed by atoms with E-state index in [1.807, 2.05) is 18.2 Å². The van der Waals surface area contributed by atoms with Gasteiger partial charge < -0.3 is 5.73 Å². The summed E-state index contributed by atoms with van der Waals surface area (Å²) in [7, 11) is -1.15. The van der Waals surface area contributed by atoms with E-state index in [0.717, 1.165) is 10.0 Å². The van der Waals surface area contributed by atoms with Gasteiger partial charge in [0.1, 0.15) is 0 Å². The van der Waals surface area contributed by atoms with Crippen LogP contribution in [0, 0.1) is 0 Å². The van der Waals surface area contributed by atoms with Gasteiger partial charge in [0.15, 0.2) is 0 Å². The lowest BCUT2D eigenvalue weighted by Gasteiger charge is -2.06. The van der Waals surface area contributed by atoms with Crippen LogP contribution < -0.4 is 5.73 Å². The average molecular weight is 345 g/mol. The van der Waals surface area contributed by atoms with Crippen molar-refractivity contribution in [3.05, 3.63) is 57.5 Å². The van der Waals surface area contributed by atoms with Gasteiger partial charge in [-0.15, -0.1) is 0 Å². The van der Waals surface area contributed by atoms with E-state index < -0.39 is 10.8 Å². The Balaban J connectivity index is 2.19. The molecule has 0 aromatic heterocycles. The third-order valence-corrected chi connectivity index (χ3v) is 4.63. The minimum Gasteiger partial charge on any atom is -0.398 e. The van der Waals surface area contributed by atoms with Crippen molar-refractivity contribution < 1.29 is 4.21 Å². The molecule has 5 heteroatoms. The van der Waals surface area contributed by atoms with E-state index in [9.17, 15) is 4.21 Å². The van der Waals surface area contributed by atoms with Gasteiger partial charge in [-0.2, -0.15) is 0 Å². The first-order valence-corrected chi connectivity index (χ1v) is 7.73. The quantitative estimate of drug-likeness (QED) is 0.855. The molecule has 2 aromatic rings. The van der Waals surface area contributed by atoms with Gasteiger partial charge in [0.05, 0.1) is 21.4 Å². The molecule has 2 N–H and O–H groups in total. The Morgan fingerprint density at radius 3 is 2.44 bits per heavy atom. The number of rotatable bonds is 3. The number of benzene rings is 2. The summed E-state index contributed by atoms with van der Waals surface area (Å²) in [5.41, 5.74) is 7.37. The number of anilines is 1. The molecule has 0 heterocycles. The van der Waals surface area contributed by atoms with Crippen LogP contribution in [0.5, 0.6) is 0 Å². The minimum absolute atomic E-state index is 0.434. The molecule has 0 spiro atoms. The summed E-state index contributed by atoms with van der Waals surface area (Å²) < 4.78 is 13.1. The topological polar surface area (TPSA) is 43.1 Å². The van der Waals surface area contributed by atoms with Crippen molar-refractivity contribution in [1.82, 2.24) is 0 Å². The normalized spacial score (nSPS) is 12.3. The average Bonchev–Trinajstić information content (AvgIpc) is 2.32. The van der Waals surface area contributed by atoms with Crippen molar-refractivity contribution in [1.29, 1.82) is 0 Å². The summed E-state index contributed by atoms with van der Waals surface area (Å²) in [5.74, 6) is 0.434. The van der Waals surface area contributed by atoms with Gasteiger partial charge in [-0.25, -0.2) is 0 Å². The second-order valence-electron chi connectivity index (χ2n) is 3.80. The summed E-state index contributed by atoms with van der Waals surface area (Å²) in [6.07, 6.45) is 0. The highest BCUT2D eigenvalue weighted by atomic mass is 79.9. The molecule has 0 aliphatic heterocycles. The van der Waals surface area contributed by atoms with Crippen LogP contribution in [0.4, 0.5) is 5.69 Å². The Kier molecular flexibility index (Phi) is 4.43. The van der Waals surface area contributed by atoms with Gasteiger partial charge in [-0.3, -0.25) is 4.21 Å². The zero-order chi connectivity index (χ0) is 13.1. The molecule has 2 aromatic carbocycles. The Labute approximate surface area is 122 Å². The van der Waals surface area contributed by atoms with Crippen molar-refractivity contribution in [2.75, 3.05) is 5.73 Å². The lowest BCUT2D eigenvalue weighted by molar-refractivity contribution is 0.683. The molecule has 1 unspecified atom stereocenters. The molecular weight excluding hydrogens is 334 g/mol. The molecule has 94 valence electrons. The van der Waals surface area contributed by atoms with Crippen molar-refractivity contribution >= 4 is 44.0 Å². The van der Waals surface area contributed by atoms with Crippen molar-refractivity contribution in [3.8, 4) is 0 Å². The molecule has 0 amide bonds. The molecule has 2 rings (SSSR count). The standard InChI is InChI=1S/C13H11BrClNOS/c14-10-3-6-13(12(16)7-10)18(17)8-9-1-4-11(15)5-2-9/h1-7H,8,16H2. The highest BCUT2D eigenvalue weighted by molar-refractivity contribution is 9.10. The van der Waals surface area contributed by atoms with Crippen molar-refractivity contribution in [2.24, 2.45) is 0 Å². The summed E-state index contributed by atoms with van der Waals surface area (Å²) in [6, 6.07) is 12.7. The van der Waals surface area contributed by atoms with Crippen LogP contribution in [-0.4, -0.2) is 4.21 Å². The van der Waals surface area contributed by atoms with Gasteiger partial charge >= 0.3 is 0 Å². The number of nitrogens with two attached hydrogens (primary N) is 1. The predicted octanol–water partition coefficient (Wildman–Crippen LogP) is 3.99.